The molecule has 9 heteroatoms. The summed E-state index contributed by atoms with van der Waals surface area (Å²) in [6.45, 7) is 7.48. The smallest absolute Gasteiger partial charge is 0.249 e. The summed E-state index contributed by atoms with van der Waals surface area (Å²) >= 11 is 6.85. The van der Waals surface area contributed by atoms with Crippen molar-refractivity contribution in [2.75, 3.05) is 12.0 Å². The SMILES string of the molecule is COc1ccc(-c2c(-c3cc(Cl)c(OCc4ccccc4)cc3OCc3ccccc3)noc2N(C(=O)C(C)C)C(=O)C(C)C)cc1. The van der Waals surface area contributed by atoms with Crippen LogP contribution in [0, 0.1) is 11.8 Å². The Balaban J connectivity index is 1.68. The lowest BCUT2D eigenvalue weighted by Gasteiger charge is -2.23. The van der Waals surface area contributed by atoms with E-state index in [-0.39, 0.29) is 12.5 Å². The van der Waals surface area contributed by atoms with Crippen LogP contribution in [0.25, 0.3) is 22.4 Å². The molecule has 8 nitrogen and oxygen atoms in total. The molecule has 47 heavy (non-hydrogen) atoms. The highest BCUT2D eigenvalue weighted by Crippen LogP contribution is 2.46. The lowest BCUT2D eigenvalue weighted by Crippen LogP contribution is -2.42. The molecule has 0 fully saturated rings. The second-order valence-corrected chi connectivity index (χ2v) is 12.0. The maximum atomic E-state index is 13.6. The lowest BCUT2D eigenvalue weighted by molar-refractivity contribution is -0.130. The molecule has 1 heterocycles. The van der Waals surface area contributed by atoms with Gasteiger partial charge < -0.3 is 18.7 Å². The molecule has 0 saturated heterocycles. The minimum Gasteiger partial charge on any atom is -0.497 e. The minimum atomic E-state index is -0.491. The first-order valence-electron chi connectivity index (χ1n) is 15.4. The second-order valence-electron chi connectivity index (χ2n) is 11.6. The molecule has 0 aliphatic heterocycles. The van der Waals surface area contributed by atoms with Gasteiger partial charge in [-0.05, 0) is 34.9 Å². The number of hydrogen-bond donors (Lipinski definition) is 0. The Bertz CT molecular complexity index is 1800. The number of ether oxygens (including phenoxy) is 3. The van der Waals surface area contributed by atoms with Gasteiger partial charge >= 0.3 is 0 Å². The fraction of sp³-hybridized carbons (Fsp3) is 0.237. The van der Waals surface area contributed by atoms with Crippen LogP contribution in [0.4, 0.5) is 5.88 Å². The molecular formula is C38H37ClN2O6. The van der Waals surface area contributed by atoms with Crippen LogP contribution in [0.15, 0.2) is 102 Å². The van der Waals surface area contributed by atoms with Gasteiger partial charge in [-0.2, -0.15) is 0 Å². The van der Waals surface area contributed by atoms with E-state index in [9.17, 15) is 9.59 Å². The summed E-state index contributed by atoms with van der Waals surface area (Å²) in [7, 11) is 1.58. The van der Waals surface area contributed by atoms with Crippen LogP contribution in [0.1, 0.15) is 38.8 Å². The third-order valence-corrected chi connectivity index (χ3v) is 7.74. The first kappa shape index (κ1) is 33.3. The van der Waals surface area contributed by atoms with E-state index in [1.807, 2.05) is 72.8 Å². The highest BCUT2D eigenvalue weighted by Gasteiger charge is 2.35. The molecule has 0 N–H and O–H groups in total. The maximum Gasteiger partial charge on any atom is 0.249 e. The van der Waals surface area contributed by atoms with Crippen molar-refractivity contribution in [3.05, 3.63) is 113 Å². The Morgan fingerprint density at radius 1 is 0.766 bits per heavy atom. The molecule has 0 aliphatic rings. The van der Waals surface area contributed by atoms with E-state index >= 15 is 0 Å². The quantitative estimate of drug-likeness (QED) is 0.133. The Labute approximate surface area is 279 Å². The predicted molar refractivity (Wildman–Crippen MR) is 183 cm³/mol. The number of benzene rings is 4. The largest absolute Gasteiger partial charge is 0.497 e. The van der Waals surface area contributed by atoms with Crippen LogP contribution in [0.2, 0.25) is 5.02 Å². The van der Waals surface area contributed by atoms with E-state index in [2.05, 4.69) is 5.16 Å². The number of aromatic nitrogens is 1. The molecule has 0 aliphatic carbocycles. The molecule has 4 aromatic carbocycles. The minimum absolute atomic E-state index is 0.0112. The number of anilines is 1. The number of carbonyl (C=O) groups excluding carboxylic acids is 2. The summed E-state index contributed by atoms with van der Waals surface area (Å²) in [6.07, 6.45) is 0. The molecule has 5 rings (SSSR count). The standard InChI is InChI=1S/C38H37ClN2O6/c1-24(2)36(42)41(37(43)25(3)4)38-34(28-16-18-29(44-5)19-17-28)35(40-47-38)30-20-31(39)33(46-23-27-14-10-7-11-15-27)21-32(30)45-22-26-12-8-6-9-13-26/h6-21,24-25H,22-23H2,1-5H3. The van der Waals surface area contributed by atoms with Crippen molar-refractivity contribution in [2.24, 2.45) is 11.8 Å². The summed E-state index contributed by atoms with van der Waals surface area (Å²) in [5.74, 6) is -0.315. The van der Waals surface area contributed by atoms with Gasteiger partial charge in [-0.1, -0.05) is 117 Å². The van der Waals surface area contributed by atoms with Crippen LogP contribution in [0.5, 0.6) is 17.2 Å². The summed E-state index contributed by atoms with van der Waals surface area (Å²) in [4.78, 5) is 28.2. The van der Waals surface area contributed by atoms with Gasteiger partial charge in [0.1, 0.15) is 36.2 Å². The van der Waals surface area contributed by atoms with Crippen LogP contribution in [-0.4, -0.2) is 24.1 Å². The van der Waals surface area contributed by atoms with Crippen molar-refractivity contribution in [3.63, 3.8) is 0 Å². The van der Waals surface area contributed by atoms with Gasteiger partial charge in [-0.25, -0.2) is 4.90 Å². The van der Waals surface area contributed by atoms with E-state index in [4.69, 9.17) is 30.3 Å². The zero-order valence-corrected chi connectivity index (χ0v) is 27.8. The number of methoxy groups -OCH3 is 1. The average molecular weight is 653 g/mol. The van der Waals surface area contributed by atoms with Gasteiger partial charge in [0.05, 0.1) is 17.7 Å². The van der Waals surface area contributed by atoms with Gasteiger partial charge in [-0.3, -0.25) is 9.59 Å². The molecule has 0 unspecified atom stereocenters. The van der Waals surface area contributed by atoms with Crippen molar-refractivity contribution >= 4 is 29.3 Å². The zero-order chi connectivity index (χ0) is 33.5. The third kappa shape index (κ3) is 7.67. The molecule has 0 spiro atoms. The average Bonchev–Trinajstić information content (AvgIpc) is 3.52. The van der Waals surface area contributed by atoms with Crippen LogP contribution < -0.4 is 19.1 Å². The molecule has 1 aromatic heterocycles. The first-order chi connectivity index (χ1) is 22.7. The number of hydrogen-bond acceptors (Lipinski definition) is 7. The molecule has 2 amide bonds. The summed E-state index contributed by atoms with van der Waals surface area (Å²) in [5.41, 5.74) is 3.83. The van der Waals surface area contributed by atoms with Crippen LogP contribution in [0.3, 0.4) is 0 Å². The molecule has 0 saturated carbocycles. The molecular weight excluding hydrogens is 616 g/mol. The molecule has 0 atom stereocenters. The Morgan fingerprint density at radius 2 is 1.30 bits per heavy atom. The van der Waals surface area contributed by atoms with Gasteiger partial charge in [-0.15, -0.1) is 0 Å². The fourth-order valence-electron chi connectivity index (χ4n) is 4.88. The van der Waals surface area contributed by atoms with Gasteiger partial charge in [0.25, 0.3) is 0 Å². The van der Waals surface area contributed by atoms with Crippen molar-refractivity contribution in [3.8, 4) is 39.6 Å². The summed E-state index contributed by atoms with van der Waals surface area (Å²) in [6, 6.07) is 30.2. The van der Waals surface area contributed by atoms with Gasteiger partial charge in [0, 0.05) is 23.5 Å². The first-order valence-corrected chi connectivity index (χ1v) is 15.7. The van der Waals surface area contributed by atoms with E-state index in [1.165, 1.54) is 0 Å². The third-order valence-electron chi connectivity index (χ3n) is 7.45. The zero-order valence-electron chi connectivity index (χ0n) is 27.0. The Hall–Kier alpha value is -5.08. The van der Waals surface area contributed by atoms with E-state index < -0.39 is 23.7 Å². The molecule has 0 radical (unpaired) electrons. The molecule has 5 aromatic rings. The van der Waals surface area contributed by atoms with E-state index in [0.29, 0.717) is 51.3 Å². The van der Waals surface area contributed by atoms with Crippen molar-refractivity contribution in [1.82, 2.24) is 5.16 Å². The number of carbonyl (C=O) groups is 2. The second kappa shape index (κ2) is 15.0. The monoisotopic (exact) mass is 652 g/mol. The Morgan fingerprint density at radius 3 is 1.81 bits per heavy atom. The Kier molecular flexibility index (Phi) is 10.6. The topological polar surface area (TPSA) is 91.1 Å². The number of imide groups is 1. The lowest BCUT2D eigenvalue weighted by atomic mass is 9.98. The summed E-state index contributed by atoms with van der Waals surface area (Å²) < 4.78 is 23.9. The van der Waals surface area contributed by atoms with Crippen molar-refractivity contribution in [2.45, 2.75) is 40.9 Å². The van der Waals surface area contributed by atoms with Crippen LogP contribution in [-0.2, 0) is 22.8 Å². The van der Waals surface area contributed by atoms with Gasteiger partial charge in [0.2, 0.25) is 17.7 Å². The van der Waals surface area contributed by atoms with Crippen LogP contribution >= 0.6 is 11.6 Å². The highest BCUT2D eigenvalue weighted by molar-refractivity contribution is 6.32. The maximum absolute atomic E-state index is 13.6. The highest BCUT2D eigenvalue weighted by atomic mass is 35.5. The normalized spacial score (nSPS) is 11.1. The number of halogens is 1. The van der Waals surface area contributed by atoms with E-state index in [1.54, 1.807) is 59.1 Å². The number of amides is 2. The van der Waals surface area contributed by atoms with Crippen molar-refractivity contribution in [1.29, 1.82) is 0 Å². The molecule has 0 bridgehead atoms. The van der Waals surface area contributed by atoms with Crippen molar-refractivity contribution < 1.29 is 28.3 Å². The number of nitrogens with zero attached hydrogens (tertiary/aromatic N) is 2. The number of rotatable bonds is 12. The predicted octanol–water partition coefficient (Wildman–Crippen LogP) is 9.00. The van der Waals surface area contributed by atoms with Gasteiger partial charge in [0.15, 0.2) is 0 Å². The molecule has 242 valence electrons. The fourth-order valence-corrected chi connectivity index (χ4v) is 5.10. The van der Waals surface area contributed by atoms with E-state index in [0.717, 1.165) is 16.0 Å². The summed E-state index contributed by atoms with van der Waals surface area (Å²) in [5, 5.41) is 4.78.